The number of aryl methyl sites for hydroxylation is 1. The summed E-state index contributed by atoms with van der Waals surface area (Å²) in [5.41, 5.74) is 5.37. The maximum Gasteiger partial charge on any atom is 0.236 e. The predicted octanol–water partition coefficient (Wildman–Crippen LogP) is 2.00. The van der Waals surface area contributed by atoms with Crippen LogP contribution in [0.5, 0.6) is 23.0 Å². The van der Waals surface area contributed by atoms with Crippen molar-refractivity contribution in [2.24, 2.45) is 0 Å². The Labute approximate surface area is 186 Å². The zero-order valence-corrected chi connectivity index (χ0v) is 18.9. The molecule has 172 valence electrons. The van der Waals surface area contributed by atoms with Crippen molar-refractivity contribution in [2.45, 2.75) is 18.9 Å². The fourth-order valence-corrected chi connectivity index (χ4v) is 4.00. The molecule has 0 saturated heterocycles. The number of hydrogen-bond donors (Lipinski definition) is 2. The van der Waals surface area contributed by atoms with Crippen molar-refractivity contribution in [2.75, 3.05) is 42.1 Å². The Hall–Kier alpha value is -3.30. The van der Waals surface area contributed by atoms with Crippen molar-refractivity contribution in [1.29, 1.82) is 0 Å². The maximum absolute atomic E-state index is 12.8. The van der Waals surface area contributed by atoms with Gasteiger partial charge in [0.25, 0.3) is 0 Å². The minimum absolute atomic E-state index is 0.0211. The summed E-state index contributed by atoms with van der Waals surface area (Å²) in [5, 5.41) is 2.99. The number of rotatable bonds is 8. The van der Waals surface area contributed by atoms with Gasteiger partial charge in [0.1, 0.15) is 0 Å². The van der Waals surface area contributed by atoms with Crippen molar-refractivity contribution in [3.05, 3.63) is 45.6 Å². The number of fused-ring (bicyclic) bond motifs is 3. The van der Waals surface area contributed by atoms with Crippen LogP contribution in [-0.2, 0) is 16.1 Å². The fourth-order valence-electron chi connectivity index (χ4n) is 4.00. The van der Waals surface area contributed by atoms with E-state index in [4.69, 9.17) is 23.8 Å². The van der Waals surface area contributed by atoms with Crippen LogP contribution in [0, 0.1) is 0 Å². The van der Waals surface area contributed by atoms with E-state index in [0.717, 1.165) is 16.7 Å². The fraction of sp³-hybridized carbons (Fsp3) is 0.391. The van der Waals surface area contributed by atoms with Gasteiger partial charge in [-0.1, -0.05) is 6.07 Å². The third kappa shape index (κ3) is 4.49. The first-order chi connectivity index (χ1) is 15.5. The molecule has 0 saturated carbocycles. The minimum atomic E-state index is -0.421. The Morgan fingerprint density at radius 1 is 0.969 bits per heavy atom. The van der Waals surface area contributed by atoms with Crippen LogP contribution >= 0.6 is 0 Å². The normalized spacial score (nSPS) is 14.5. The number of methoxy groups -OCH3 is 4. The van der Waals surface area contributed by atoms with E-state index in [2.05, 4.69) is 10.8 Å². The summed E-state index contributed by atoms with van der Waals surface area (Å²) in [6.07, 6.45) is 1.17. The number of nitrogens with one attached hydrogen (secondary N) is 2. The summed E-state index contributed by atoms with van der Waals surface area (Å²) >= 11 is 0. The molecule has 1 aliphatic carbocycles. The second kappa shape index (κ2) is 10.3. The smallest absolute Gasteiger partial charge is 0.236 e. The lowest BCUT2D eigenvalue weighted by molar-refractivity contribution is -0.123. The lowest BCUT2D eigenvalue weighted by Crippen LogP contribution is -2.36. The highest BCUT2D eigenvalue weighted by Gasteiger charge is 2.29. The van der Waals surface area contributed by atoms with E-state index in [0.29, 0.717) is 35.7 Å². The molecule has 0 radical (unpaired) electrons. The summed E-state index contributed by atoms with van der Waals surface area (Å²) < 4.78 is 22.1. The Kier molecular flexibility index (Phi) is 7.55. The van der Waals surface area contributed by atoms with Gasteiger partial charge < -0.3 is 29.1 Å². The predicted molar refractivity (Wildman–Crippen MR) is 119 cm³/mol. The van der Waals surface area contributed by atoms with E-state index in [1.165, 1.54) is 20.3 Å². The molecule has 9 heteroatoms. The van der Waals surface area contributed by atoms with E-state index in [1.54, 1.807) is 33.5 Å². The lowest BCUT2D eigenvalue weighted by atomic mass is 9.95. The Balaban J connectivity index is 2.28. The summed E-state index contributed by atoms with van der Waals surface area (Å²) in [4.78, 5) is 30.0. The highest BCUT2D eigenvalue weighted by Crippen LogP contribution is 2.50. The van der Waals surface area contributed by atoms with Crippen LogP contribution in [0.1, 0.15) is 23.6 Å². The van der Waals surface area contributed by atoms with E-state index in [1.807, 2.05) is 6.07 Å². The molecular weight excluding hydrogens is 416 g/mol. The van der Waals surface area contributed by atoms with E-state index in [9.17, 15) is 9.59 Å². The number of hydroxylamine groups is 1. The average Bonchev–Trinajstić information content (AvgIpc) is 3.04. The SMILES string of the molecule is CONCC(=O)N[C@H]1CCc2cc(OC)c(OC)c(OC)c2-c2ccc(OC)c(=O)cc21. The molecule has 0 fully saturated rings. The Morgan fingerprint density at radius 2 is 1.69 bits per heavy atom. The highest BCUT2D eigenvalue weighted by molar-refractivity contribution is 5.84. The van der Waals surface area contributed by atoms with Crippen LogP contribution in [0.25, 0.3) is 11.1 Å². The van der Waals surface area contributed by atoms with Gasteiger partial charge in [0.05, 0.1) is 48.1 Å². The molecule has 2 aromatic rings. The van der Waals surface area contributed by atoms with Gasteiger partial charge in [-0.05, 0) is 47.7 Å². The van der Waals surface area contributed by atoms with Crippen molar-refractivity contribution >= 4 is 5.91 Å². The number of hydrogen-bond acceptors (Lipinski definition) is 8. The van der Waals surface area contributed by atoms with Crippen LogP contribution < -0.4 is 35.2 Å². The molecule has 0 spiro atoms. The first-order valence-electron chi connectivity index (χ1n) is 10.1. The molecule has 1 atom stereocenters. The van der Waals surface area contributed by atoms with Crippen LogP contribution in [0.2, 0.25) is 0 Å². The van der Waals surface area contributed by atoms with Gasteiger partial charge in [0.15, 0.2) is 17.2 Å². The van der Waals surface area contributed by atoms with Gasteiger partial charge in [-0.15, -0.1) is 0 Å². The molecule has 0 heterocycles. The van der Waals surface area contributed by atoms with Crippen LogP contribution in [0.4, 0.5) is 0 Å². The van der Waals surface area contributed by atoms with Crippen molar-refractivity contribution in [3.8, 4) is 34.1 Å². The second-order valence-corrected chi connectivity index (χ2v) is 7.14. The standard InChI is InChI=1S/C23H28N2O7/c1-28-18-9-7-14-15(11-17(18)26)16(25-20(27)12-24-32-5)8-6-13-10-19(29-2)22(30-3)23(31-4)21(13)14/h7,9-11,16,24H,6,8,12H2,1-5H3,(H,25,27)/t16-/m0/s1. The summed E-state index contributed by atoms with van der Waals surface area (Å²) in [6, 6.07) is 6.42. The van der Waals surface area contributed by atoms with E-state index >= 15 is 0 Å². The first kappa shape index (κ1) is 23.4. The van der Waals surface area contributed by atoms with E-state index < -0.39 is 6.04 Å². The van der Waals surface area contributed by atoms with Gasteiger partial charge in [-0.3, -0.25) is 9.59 Å². The molecule has 3 rings (SSSR count). The summed E-state index contributed by atoms with van der Waals surface area (Å²) in [6.45, 7) is -0.0211. The zero-order chi connectivity index (χ0) is 23.3. The Morgan fingerprint density at radius 3 is 2.31 bits per heavy atom. The lowest BCUT2D eigenvalue weighted by Gasteiger charge is -2.20. The first-order valence-corrected chi connectivity index (χ1v) is 10.1. The van der Waals surface area contributed by atoms with Gasteiger partial charge >= 0.3 is 0 Å². The third-order valence-electron chi connectivity index (χ3n) is 5.43. The van der Waals surface area contributed by atoms with Crippen molar-refractivity contribution in [1.82, 2.24) is 10.8 Å². The monoisotopic (exact) mass is 444 g/mol. The summed E-state index contributed by atoms with van der Waals surface area (Å²) in [7, 11) is 7.54. The molecular formula is C23H28N2O7. The van der Waals surface area contributed by atoms with Gasteiger partial charge in [-0.25, -0.2) is 0 Å². The average molecular weight is 444 g/mol. The maximum atomic E-state index is 12.8. The molecule has 0 bridgehead atoms. The molecule has 1 amide bonds. The molecule has 0 aromatic heterocycles. The van der Waals surface area contributed by atoms with Crippen molar-refractivity contribution < 1.29 is 28.6 Å². The highest BCUT2D eigenvalue weighted by atomic mass is 16.6. The molecule has 0 unspecified atom stereocenters. The summed E-state index contributed by atoms with van der Waals surface area (Å²) in [5.74, 6) is 1.42. The third-order valence-corrected chi connectivity index (χ3v) is 5.43. The molecule has 9 nitrogen and oxygen atoms in total. The van der Waals surface area contributed by atoms with Crippen LogP contribution in [0.3, 0.4) is 0 Å². The largest absolute Gasteiger partial charge is 0.493 e. The molecule has 1 aliphatic rings. The van der Waals surface area contributed by atoms with Gasteiger partial charge in [-0.2, -0.15) is 5.48 Å². The van der Waals surface area contributed by atoms with Gasteiger partial charge in [0.2, 0.25) is 17.1 Å². The zero-order valence-electron chi connectivity index (χ0n) is 18.9. The molecule has 2 aromatic carbocycles. The Bertz CT molecular complexity index is 1060. The number of carbonyl (C=O) groups is 1. The van der Waals surface area contributed by atoms with E-state index in [-0.39, 0.29) is 23.6 Å². The number of ether oxygens (including phenoxy) is 4. The minimum Gasteiger partial charge on any atom is -0.493 e. The molecule has 32 heavy (non-hydrogen) atoms. The van der Waals surface area contributed by atoms with Gasteiger partial charge in [0, 0.05) is 5.56 Å². The number of benzene rings is 1. The van der Waals surface area contributed by atoms with Crippen LogP contribution in [0.15, 0.2) is 29.1 Å². The molecule has 2 N–H and O–H groups in total. The van der Waals surface area contributed by atoms with Crippen LogP contribution in [-0.4, -0.2) is 48.0 Å². The number of carbonyl (C=O) groups excluding carboxylic acids is 1. The van der Waals surface area contributed by atoms with Crippen molar-refractivity contribution in [3.63, 3.8) is 0 Å². The number of amides is 1. The topological polar surface area (TPSA) is 104 Å². The molecule has 0 aliphatic heterocycles. The quantitative estimate of drug-likeness (QED) is 0.596. The second-order valence-electron chi connectivity index (χ2n) is 7.14.